The highest BCUT2D eigenvalue weighted by molar-refractivity contribution is 7.61. The van der Waals surface area contributed by atoms with Crippen LogP contribution in [-0.2, 0) is 40.7 Å². The van der Waals surface area contributed by atoms with E-state index in [0.717, 1.165) is 10.9 Å². The number of phosphoric ester groups is 2. The monoisotopic (exact) mass is 603 g/mol. The van der Waals surface area contributed by atoms with Crippen molar-refractivity contribution in [3.8, 4) is 0 Å². The zero-order chi connectivity index (χ0) is 27.3. The molecule has 2 aromatic rings. The van der Waals surface area contributed by atoms with Gasteiger partial charge in [-0.25, -0.2) is 23.2 Å². The Kier molecular flexibility index (Phi) is 8.14. The number of aromatic amines is 1. The number of anilines is 1. The number of phosphoric acid groups is 4. The van der Waals surface area contributed by atoms with Crippen molar-refractivity contribution >= 4 is 48.4 Å². The second-order valence-corrected chi connectivity index (χ2v) is 12.4. The van der Waals surface area contributed by atoms with E-state index in [2.05, 4.69) is 32.6 Å². The van der Waals surface area contributed by atoms with Crippen LogP contribution in [0.4, 0.5) is 5.95 Å². The van der Waals surface area contributed by atoms with Crippen LogP contribution in [-0.4, -0.2) is 78.9 Å². The predicted molar refractivity (Wildman–Crippen MR) is 109 cm³/mol. The standard InChI is InChI=1S/C10H17N5O17P4/c11-10-13-7-4(8(17)14-10)12-2-15(7)9-5(16)6(30-36(26,27)32-34(21,22)23)3(29-9)1-28-35(24,25)31-33(18,19)20/h2-3,5-6,9,16H,1H2,(H,24,25)(H,26,27)(H2,18,19,20)(H2,21,22,23)(H3,11,13,14,17)/t3-,5-,6-,9-/m1/s1. The lowest BCUT2D eigenvalue weighted by atomic mass is 10.1. The van der Waals surface area contributed by atoms with Crippen molar-refractivity contribution in [3.05, 3.63) is 16.7 Å². The molecule has 0 radical (unpaired) electrons. The predicted octanol–water partition coefficient (Wildman–Crippen LogP) is -2.22. The number of nitrogens with zero attached hydrogens (tertiary/aromatic N) is 3. The summed E-state index contributed by atoms with van der Waals surface area (Å²) in [5.74, 6) is -0.389. The van der Waals surface area contributed by atoms with Crippen molar-refractivity contribution in [2.75, 3.05) is 12.3 Å². The van der Waals surface area contributed by atoms with Gasteiger partial charge in [0.15, 0.2) is 17.4 Å². The molecule has 0 spiro atoms. The summed E-state index contributed by atoms with van der Waals surface area (Å²) in [6, 6.07) is 0. The van der Waals surface area contributed by atoms with Crippen LogP contribution in [0.2, 0.25) is 0 Å². The Morgan fingerprint density at radius 3 is 2.22 bits per heavy atom. The Hall–Kier alpha value is -1.41. The molecule has 1 saturated heterocycles. The molecular weight excluding hydrogens is 586 g/mol. The van der Waals surface area contributed by atoms with E-state index < -0.39 is 68.0 Å². The summed E-state index contributed by atoms with van der Waals surface area (Å²) < 4.78 is 68.0. The topological polar surface area (TPSA) is 346 Å². The molecule has 0 saturated carbocycles. The number of hydrogen-bond donors (Lipinski definition) is 9. The second kappa shape index (κ2) is 10.0. The molecule has 2 aromatic heterocycles. The minimum atomic E-state index is -5.66. The lowest BCUT2D eigenvalue weighted by Gasteiger charge is -2.23. The summed E-state index contributed by atoms with van der Waals surface area (Å²) in [5.41, 5.74) is 4.09. The van der Waals surface area contributed by atoms with E-state index in [1.54, 1.807) is 0 Å². The first-order valence-electron chi connectivity index (χ1n) is 8.85. The van der Waals surface area contributed by atoms with Crippen LogP contribution >= 0.6 is 31.3 Å². The number of rotatable bonds is 10. The molecule has 204 valence electrons. The average molecular weight is 603 g/mol. The SMILES string of the molecule is Nc1nc2c(ncn2[C@@H]2O[C@H](COP(=O)(O)OP(=O)(O)O)[C@@H](OP(=O)(O)OP(=O)(O)O)[C@H]2O)c(=O)[nH]1. The van der Waals surface area contributed by atoms with Crippen molar-refractivity contribution in [1.29, 1.82) is 0 Å². The number of nitrogen functional groups attached to an aromatic ring is 1. The van der Waals surface area contributed by atoms with E-state index in [4.69, 9.17) is 30.0 Å². The van der Waals surface area contributed by atoms with Gasteiger partial charge in [-0.05, 0) is 0 Å². The van der Waals surface area contributed by atoms with Crippen molar-refractivity contribution in [3.63, 3.8) is 0 Å². The number of aromatic nitrogens is 4. The van der Waals surface area contributed by atoms with Gasteiger partial charge in [-0.15, -0.1) is 0 Å². The third-order valence-electron chi connectivity index (χ3n) is 4.11. The number of ether oxygens (including phenoxy) is 1. The van der Waals surface area contributed by atoms with Gasteiger partial charge in [0, 0.05) is 0 Å². The molecule has 22 nitrogen and oxygen atoms in total. The summed E-state index contributed by atoms with van der Waals surface area (Å²) in [6.45, 7) is -1.23. The number of aliphatic hydroxyl groups excluding tert-OH is 1. The number of aliphatic hydroxyl groups is 1. The fourth-order valence-corrected chi connectivity index (χ4v) is 6.37. The number of imidazole rings is 1. The van der Waals surface area contributed by atoms with Gasteiger partial charge in [0.25, 0.3) is 5.56 Å². The van der Waals surface area contributed by atoms with Gasteiger partial charge in [0.1, 0.15) is 18.3 Å². The molecule has 1 aliphatic rings. The lowest BCUT2D eigenvalue weighted by molar-refractivity contribution is -0.0501. The Labute approximate surface area is 197 Å². The summed E-state index contributed by atoms with van der Waals surface area (Å²) in [5, 5.41) is 10.7. The number of fused-ring (bicyclic) bond motifs is 1. The minimum absolute atomic E-state index is 0.281. The lowest BCUT2D eigenvalue weighted by Crippen LogP contribution is -2.36. The molecule has 1 aliphatic heterocycles. The minimum Gasteiger partial charge on any atom is -0.386 e. The molecule has 0 aliphatic carbocycles. The van der Waals surface area contributed by atoms with Crippen molar-refractivity contribution < 1.29 is 75.1 Å². The maximum atomic E-state index is 12.0. The maximum absolute atomic E-state index is 12.0. The van der Waals surface area contributed by atoms with Gasteiger partial charge in [0.05, 0.1) is 12.9 Å². The van der Waals surface area contributed by atoms with Crippen molar-refractivity contribution in [1.82, 2.24) is 19.5 Å². The number of H-pyrrole nitrogens is 1. The molecule has 36 heavy (non-hydrogen) atoms. The zero-order valence-electron chi connectivity index (χ0n) is 17.0. The molecule has 2 unspecified atom stereocenters. The van der Waals surface area contributed by atoms with Crippen LogP contribution in [0.25, 0.3) is 11.2 Å². The maximum Gasteiger partial charge on any atom is 0.481 e. The highest BCUT2D eigenvalue weighted by atomic mass is 31.3. The van der Waals surface area contributed by atoms with E-state index >= 15 is 0 Å². The van der Waals surface area contributed by atoms with E-state index in [9.17, 15) is 37.9 Å². The fraction of sp³-hybridized carbons (Fsp3) is 0.500. The van der Waals surface area contributed by atoms with Gasteiger partial charge in [-0.2, -0.15) is 13.6 Å². The number of nitrogens with two attached hydrogens (primary N) is 1. The quantitative estimate of drug-likeness (QED) is 0.130. The van der Waals surface area contributed by atoms with Crippen LogP contribution in [0.3, 0.4) is 0 Å². The largest absolute Gasteiger partial charge is 0.481 e. The van der Waals surface area contributed by atoms with Gasteiger partial charge >= 0.3 is 31.3 Å². The summed E-state index contributed by atoms with van der Waals surface area (Å²) in [7, 11) is -22.3. The van der Waals surface area contributed by atoms with Crippen LogP contribution in [0.5, 0.6) is 0 Å². The molecule has 26 heteroatoms. The van der Waals surface area contributed by atoms with Gasteiger partial charge < -0.3 is 44.9 Å². The molecule has 6 atom stereocenters. The first-order chi connectivity index (χ1) is 16.3. The van der Waals surface area contributed by atoms with E-state index in [1.165, 1.54) is 0 Å². The van der Waals surface area contributed by atoms with Crippen molar-refractivity contribution in [2.24, 2.45) is 0 Å². The fourth-order valence-electron chi connectivity index (χ4n) is 2.98. The average Bonchev–Trinajstić information content (AvgIpc) is 3.18. The van der Waals surface area contributed by atoms with Gasteiger partial charge in [-0.1, -0.05) is 0 Å². The molecule has 0 aromatic carbocycles. The third-order valence-corrected chi connectivity index (χ3v) is 8.45. The summed E-state index contributed by atoms with van der Waals surface area (Å²) in [4.78, 5) is 75.7. The van der Waals surface area contributed by atoms with Crippen LogP contribution in [0.15, 0.2) is 11.1 Å². The smallest absolute Gasteiger partial charge is 0.386 e. The number of hydrogen-bond acceptors (Lipinski definition) is 14. The molecule has 0 amide bonds. The van der Waals surface area contributed by atoms with Crippen LogP contribution < -0.4 is 11.3 Å². The third kappa shape index (κ3) is 7.33. The molecule has 0 bridgehead atoms. The Bertz CT molecular complexity index is 1380. The Morgan fingerprint density at radius 1 is 1.06 bits per heavy atom. The highest BCUT2D eigenvalue weighted by Gasteiger charge is 2.51. The summed E-state index contributed by atoms with van der Waals surface area (Å²) >= 11 is 0. The molecule has 1 fully saturated rings. The van der Waals surface area contributed by atoms with Crippen LogP contribution in [0.1, 0.15) is 6.23 Å². The van der Waals surface area contributed by atoms with Crippen molar-refractivity contribution in [2.45, 2.75) is 24.5 Å². The molecular formula is C10H17N5O17P4. The van der Waals surface area contributed by atoms with E-state index in [-0.39, 0.29) is 17.1 Å². The zero-order valence-corrected chi connectivity index (χ0v) is 20.6. The van der Waals surface area contributed by atoms with Gasteiger partial charge in [0.2, 0.25) is 5.95 Å². The Balaban J connectivity index is 1.95. The molecule has 3 rings (SSSR count). The first kappa shape index (κ1) is 29.2. The van der Waals surface area contributed by atoms with Gasteiger partial charge in [-0.3, -0.25) is 23.4 Å². The summed E-state index contributed by atoms with van der Waals surface area (Å²) in [6.07, 6.45) is -6.91. The normalized spacial score (nSPS) is 26.6. The van der Waals surface area contributed by atoms with E-state index in [1.807, 2.05) is 0 Å². The van der Waals surface area contributed by atoms with Crippen LogP contribution in [0, 0.1) is 0 Å². The highest BCUT2D eigenvalue weighted by Crippen LogP contribution is 2.60. The Morgan fingerprint density at radius 2 is 1.64 bits per heavy atom. The molecule has 3 heterocycles. The second-order valence-electron chi connectivity index (χ2n) is 6.78. The van der Waals surface area contributed by atoms with E-state index in [0.29, 0.717) is 0 Å². The first-order valence-corrected chi connectivity index (χ1v) is 14.9. The molecule has 10 N–H and O–H groups in total. The number of nitrogens with one attached hydrogen (secondary N) is 1.